The van der Waals surface area contributed by atoms with Gasteiger partial charge in [0.25, 0.3) is 5.91 Å². The molecule has 3 aromatic carbocycles. The molecule has 0 radical (unpaired) electrons. The highest BCUT2D eigenvalue weighted by molar-refractivity contribution is 6.38. The number of anilines is 1. The normalized spacial score (nSPS) is 16.8. The number of rotatable bonds is 18. The molecule has 0 saturated carbocycles. The molecule has 2 aliphatic heterocycles. The van der Waals surface area contributed by atoms with Crippen molar-refractivity contribution < 1.29 is 52.9 Å². The van der Waals surface area contributed by atoms with Crippen LogP contribution in [0.15, 0.2) is 85.5 Å². The smallest absolute Gasteiger partial charge is 0.409 e. The van der Waals surface area contributed by atoms with Crippen LogP contribution in [-0.2, 0) is 43.0 Å². The molecule has 1 unspecified atom stereocenters. The molecular weight excluding hydrogens is 809 g/mol. The van der Waals surface area contributed by atoms with E-state index in [4.69, 9.17) is 19.3 Å². The molecule has 63 heavy (non-hydrogen) atoms. The maximum atomic E-state index is 14.1. The number of likely N-dealkylation sites (tertiary alicyclic amines) is 1. The Morgan fingerprint density at radius 1 is 0.857 bits per heavy atom. The summed E-state index contributed by atoms with van der Waals surface area (Å²) in [4.78, 5) is 94.9. The standard InChI is InChI=1S/C48H56N4O11/c1-4-43(56)62-31-48(2,3)44(57)45(58)52-24-10-9-19-39(52)46(59)63-40(32-13-11-14-33(29-32)49-41(53)21-22-42(54)55)20-12-23-50-25-27-51(28-26-50)47(60)61-30-38-36-17-7-5-15-34(36)35-16-6-8-18-37(35)38/h4-8,11,13-18,29,38-40H,1,9-10,12,19-28,30-31H2,2-3H3,(H,49,53)(H,54,55)/t39?,40-/m1/s1. The van der Waals surface area contributed by atoms with Gasteiger partial charge >= 0.3 is 24.0 Å². The highest BCUT2D eigenvalue weighted by Crippen LogP contribution is 2.44. The zero-order chi connectivity index (χ0) is 45.1. The number of nitrogens with zero attached hydrogens (tertiary/aromatic N) is 3. The summed E-state index contributed by atoms with van der Waals surface area (Å²) in [7, 11) is 0. The molecule has 2 saturated heterocycles. The van der Waals surface area contributed by atoms with Crippen LogP contribution < -0.4 is 5.32 Å². The first-order chi connectivity index (χ1) is 30.2. The Balaban J connectivity index is 1.07. The predicted molar refractivity (Wildman–Crippen MR) is 232 cm³/mol. The number of esters is 2. The molecule has 2 heterocycles. The second-order valence-electron chi connectivity index (χ2n) is 16.8. The van der Waals surface area contributed by atoms with Crippen molar-refractivity contribution in [1.82, 2.24) is 14.7 Å². The van der Waals surface area contributed by atoms with Crippen molar-refractivity contribution >= 4 is 47.3 Å². The molecular formula is C48H56N4O11. The molecule has 3 aliphatic rings. The van der Waals surface area contributed by atoms with Gasteiger partial charge in [-0.1, -0.05) is 67.2 Å². The Hall–Kier alpha value is -6.35. The van der Waals surface area contributed by atoms with Gasteiger partial charge in [-0.05, 0) is 92.4 Å². The van der Waals surface area contributed by atoms with Crippen molar-refractivity contribution in [2.75, 3.05) is 57.8 Å². The number of fused-ring (bicyclic) bond motifs is 3. The van der Waals surface area contributed by atoms with E-state index in [1.165, 1.54) is 18.7 Å². The van der Waals surface area contributed by atoms with Crippen LogP contribution in [0.3, 0.4) is 0 Å². The maximum absolute atomic E-state index is 14.1. The van der Waals surface area contributed by atoms with Gasteiger partial charge in [0.15, 0.2) is 0 Å². The summed E-state index contributed by atoms with van der Waals surface area (Å²) in [6, 6.07) is 22.2. The van der Waals surface area contributed by atoms with E-state index in [2.05, 4.69) is 41.1 Å². The van der Waals surface area contributed by atoms with Crippen LogP contribution in [0.1, 0.15) is 87.5 Å². The van der Waals surface area contributed by atoms with Gasteiger partial charge in [0.1, 0.15) is 25.4 Å². The molecule has 15 nitrogen and oxygen atoms in total. The van der Waals surface area contributed by atoms with Crippen molar-refractivity contribution in [2.45, 2.75) is 76.9 Å². The molecule has 6 rings (SSSR count). The number of carbonyl (C=O) groups is 7. The van der Waals surface area contributed by atoms with Crippen LogP contribution in [0.5, 0.6) is 0 Å². The molecule has 3 aromatic rings. The van der Waals surface area contributed by atoms with Gasteiger partial charge in [-0.25, -0.2) is 14.4 Å². The van der Waals surface area contributed by atoms with Crippen LogP contribution in [0, 0.1) is 5.41 Å². The first-order valence-electron chi connectivity index (χ1n) is 21.5. The summed E-state index contributed by atoms with van der Waals surface area (Å²) in [5.41, 5.74) is 4.24. The quantitative estimate of drug-likeness (QED) is 0.0646. The van der Waals surface area contributed by atoms with E-state index in [0.717, 1.165) is 28.3 Å². The van der Waals surface area contributed by atoms with Gasteiger partial charge in [0.2, 0.25) is 11.7 Å². The highest BCUT2D eigenvalue weighted by atomic mass is 16.6. The largest absolute Gasteiger partial charge is 0.481 e. The Kier molecular flexibility index (Phi) is 15.5. The minimum Gasteiger partial charge on any atom is -0.481 e. The number of aliphatic carboxylic acids is 1. The first kappa shape index (κ1) is 46.2. The highest BCUT2D eigenvalue weighted by Gasteiger charge is 2.42. The number of nitrogens with one attached hydrogen (secondary N) is 1. The molecule has 15 heteroatoms. The van der Waals surface area contributed by atoms with E-state index in [0.29, 0.717) is 69.7 Å². The van der Waals surface area contributed by atoms with Crippen LogP contribution >= 0.6 is 0 Å². The third-order valence-electron chi connectivity index (χ3n) is 11.9. The van der Waals surface area contributed by atoms with Gasteiger partial charge in [0.05, 0.1) is 11.8 Å². The van der Waals surface area contributed by atoms with Gasteiger partial charge in [-0.15, -0.1) is 0 Å². The third-order valence-corrected chi connectivity index (χ3v) is 11.9. The average Bonchev–Trinajstić information content (AvgIpc) is 3.61. The van der Waals surface area contributed by atoms with Crippen LogP contribution in [-0.4, -0.2) is 120 Å². The minimum atomic E-state index is -1.36. The summed E-state index contributed by atoms with van der Waals surface area (Å²) in [6.07, 6.45) is 1.70. The molecule has 2 N–H and O–H groups in total. The number of carboxylic acids is 1. The molecule has 0 bridgehead atoms. The molecule has 0 aromatic heterocycles. The SMILES string of the molecule is C=CC(=O)OCC(C)(C)C(=O)C(=O)N1CCCCC1C(=O)O[C@H](CCCN1CCN(C(=O)OCC2c3ccccc3-c3ccccc32)CC1)c1cccc(NC(=O)CCC(=O)O)c1. The number of carboxylic acid groups (broad SMARTS) is 1. The summed E-state index contributed by atoms with van der Waals surface area (Å²) >= 11 is 0. The monoisotopic (exact) mass is 864 g/mol. The van der Waals surface area contributed by atoms with Crippen molar-refractivity contribution in [1.29, 1.82) is 0 Å². The second-order valence-corrected chi connectivity index (χ2v) is 16.8. The van der Waals surface area contributed by atoms with E-state index < -0.39 is 53.1 Å². The Labute approximate surface area is 367 Å². The Morgan fingerprint density at radius 3 is 2.21 bits per heavy atom. The lowest BCUT2D eigenvalue weighted by molar-refractivity contribution is -0.165. The number of benzene rings is 3. The first-order valence-corrected chi connectivity index (χ1v) is 21.5. The number of ketones is 1. The molecule has 334 valence electrons. The van der Waals surface area contributed by atoms with Crippen molar-refractivity contribution in [2.24, 2.45) is 5.41 Å². The molecule has 1 aliphatic carbocycles. The van der Waals surface area contributed by atoms with E-state index in [1.807, 2.05) is 24.3 Å². The van der Waals surface area contributed by atoms with Crippen LogP contribution in [0.4, 0.5) is 10.5 Å². The lowest BCUT2D eigenvalue weighted by atomic mass is 9.87. The lowest BCUT2D eigenvalue weighted by Gasteiger charge is -2.36. The maximum Gasteiger partial charge on any atom is 0.409 e. The van der Waals surface area contributed by atoms with Gasteiger partial charge in [0, 0.05) is 56.8 Å². The minimum absolute atomic E-state index is 0.0320. The van der Waals surface area contributed by atoms with Crippen LogP contribution in [0.2, 0.25) is 0 Å². The fourth-order valence-corrected chi connectivity index (χ4v) is 8.33. The number of hydrogen-bond donors (Lipinski definition) is 2. The zero-order valence-corrected chi connectivity index (χ0v) is 35.9. The molecule has 3 amide bonds. The Bertz CT molecular complexity index is 2150. The Morgan fingerprint density at radius 2 is 1.54 bits per heavy atom. The fourth-order valence-electron chi connectivity index (χ4n) is 8.33. The van der Waals surface area contributed by atoms with E-state index in [1.54, 1.807) is 29.2 Å². The number of carbonyl (C=O) groups excluding carboxylic acids is 6. The number of ether oxygens (including phenoxy) is 3. The van der Waals surface area contributed by atoms with Gasteiger partial charge in [-0.2, -0.15) is 0 Å². The van der Waals surface area contributed by atoms with Gasteiger partial charge in [-0.3, -0.25) is 24.1 Å². The van der Waals surface area contributed by atoms with Crippen molar-refractivity contribution in [3.05, 3.63) is 102 Å². The molecule has 0 spiro atoms. The van der Waals surface area contributed by atoms with E-state index in [9.17, 15) is 33.6 Å². The van der Waals surface area contributed by atoms with E-state index in [-0.39, 0.29) is 51.0 Å². The predicted octanol–water partition coefficient (Wildman–Crippen LogP) is 6.13. The third kappa shape index (κ3) is 11.8. The number of piperazine rings is 1. The summed E-state index contributed by atoms with van der Waals surface area (Å²) in [6.45, 7) is 9.22. The second kappa shape index (κ2) is 21.1. The number of Topliss-reactive ketones (excluding diaryl/α,β-unsaturated/α-hetero) is 1. The summed E-state index contributed by atoms with van der Waals surface area (Å²) in [5, 5.41) is 11.7. The van der Waals surface area contributed by atoms with Crippen molar-refractivity contribution in [3.63, 3.8) is 0 Å². The summed E-state index contributed by atoms with van der Waals surface area (Å²) < 4.78 is 17.2. The van der Waals surface area contributed by atoms with Crippen LogP contribution in [0.25, 0.3) is 11.1 Å². The number of hydrogen-bond acceptors (Lipinski definition) is 11. The topological polar surface area (TPSA) is 189 Å². The average molecular weight is 865 g/mol. The van der Waals surface area contributed by atoms with Crippen molar-refractivity contribution in [3.8, 4) is 11.1 Å². The zero-order valence-electron chi connectivity index (χ0n) is 35.9. The lowest BCUT2D eigenvalue weighted by Crippen LogP contribution is -2.53. The van der Waals surface area contributed by atoms with E-state index >= 15 is 0 Å². The van der Waals surface area contributed by atoms with Gasteiger partial charge < -0.3 is 34.4 Å². The fraction of sp³-hybridized carbons (Fsp3) is 0.438. The molecule has 2 fully saturated rings. The molecule has 2 atom stereocenters. The summed E-state index contributed by atoms with van der Waals surface area (Å²) in [5.74, 6) is -4.69. The number of amides is 3. The number of piperidine rings is 1.